The van der Waals surface area contributed by atoms with Gasteiger partial charge in [-0.1, -0.05) is 25.7 Å². The number of imidazole rings is 1. The van der Waals surface area contributed by atoms with Crippen molar-refractivity contribution in [2.24, 2.45) is 0 Å². The van der Waals surface area contributed by atoms with Crippen LogP contribution in [0.4, 0.5) is 11.8 Å². The van der Waals surface area contributed by atoms with Crippen LogP contribution in [0.15, 0.2) is 6.33 Å². The van der Waals surface area contributed by atoms with E-state index < -0.39 is 31.1 Å². The van der Waals surface area contributed by atoms with E-state index in [1.807, 2.05) is 0 Å². The zero-order valence-electron chi connectivity index (χ0n) is 15.0. The molecule has 1 aliphatic heterocycles. The molecule has 1 saturated heterocycles. The second-order valence-electron chi connectivity index (χ2n) is 7.32. The van der Waals surface area contributed by atoms with Crippen molar-refractivity contribution in [2.45, 2.75) is 69.1 Å². The Kier molecular flexibility index (Phi) is 5.13. The van der Waals surface area contributed by atoms with Crippen LogP contribution in [-0.4, -0.2) is 65.8 Å². The molecule has 1 aliphatic carbocycles. The minimum atomic E-state index is -1.21. The zero-order chi connectivity index (χ0) is 19.0. The molecule has 27 heavy (non-hydrogen) atoms. The van der Waals surface area contributed by atoms with Crippen molar-refractivity contribution in [3.63, 3.8) is 0 Å². The normalized spacial score (nSPS) is 29.9. The number of ether oxygens (including phenoxy) is 1. The highest BCUT2D eigenvalue weighted by Crippen LogP contribution is 2.33. The van der Waals surface area contributed by atoms with Gasteiger partial charge in [-0.25, -0.2) is 4.98 Å². The molecule has 0 amide bonds. The van der Waals surface area contributed by atoms with Crippen LogP contribution in [-0.2, 0) is 4.74 Å². The molecule has 2 aromatic heterocycles. The number of aromatic nitrogens is 4. The van der Waals surface area contributed by atoms with E-state index in [1.54, 1.807) is 0 Å². The number of nitrogens with two attached hydrogens (primary N) is 1. The minimum absolute atomic E-state index is 0.0899. The summed E-state index contributed by atoms with van der Waals surface area (Å²) in [6.45, 7) is -0.396. The van der Waals surface area contributed by atoms with E-state index in [2.05, 4.69) is 20.3 Å². The fourth-order valence-corrected chi connectivity index (χ4v) is 3.95. The molecular formula is C17H26N6O4. The monoisotopic (exact) mass is 378 g/mol. The zero-order valence-corrected chi connectivity index (χ0v) is 15.0. The molecule has 1 unspecified atom stereocenters. The Labute approximate surface area is 156 Å². The third-order valence-corrected chi connectivity index (χ3v) is 5.43. The number of hydrogen-bond acceptors (Lipinski definition) is 9. The van der Waals surface area contributed by atoms with Crippen LogP contribution in [0.5, 0.6) is 0 Å². The van der Waals surface area contributed by atoms with Crippen molar-refractivity contribution in [3.8, 4) is 0 Å². The molecule has 0 radical (unpaired) electrons. The maximum atomic E-state index is 10.3. The van der Waals surface area contributed by atoms with Crippen LogP contribution >= 0.6 is 0 Å². The number of aliphatic hydroxyl groups excluding tert-OH is 3. The van der Waals surface area contributed by atoms with Gasteiger partial charge in [0, 0.05) is 6.04 Å². The molecule has 3 heterocycles. The molecule has 0 spiro atoms. The Bertz CT molecular complexity index is 791. The molecule has 4 rings (SSSR count). The van der Waals surface area contributed by atoms with Crippen LogP contribution in [0.25, 0.3) is 11.2 Å². The molecule has 2 aliphatic rings. The summed E-state index contributed by atoms with van der Waals surface area (Å²) in [6, 6.07) is 0.309. The minimum Gasteiger partial charge on any atom is -0.394 e. The Balaban J connectivity index is 1.66. The van der Waals surface area contributed by atoms with E-state index in [0.717, 1.165) is 12.8 Å². The Morgan fingerprint density at radius 2 is 1.89 bits per heavy atom. The number of hydrogen-bond donors (Lipinski definition) is 5. The van der Waals surface area contributed by atoms with E-state index in [-0.39, 0.29) is 5.95 Å². The lowest BCUT2D eigenvalue weighted by Gasteiger charge is -2.18. The van der Waals surface area contributed by atoms with Crippen LogP contribution in [0.3, 0.4) is 0 Å². The van der Waals surface area contributed by atoms with E-state index >= 15 is 0 Å². The van der Waals surface area contributed by atoms with E-state index in [9.17, 15) is 15.3 Å². The van der Waals surface area contributed by atoms with Gasteiger partial charge < -0.3 is 31.1 Å². The van der Waals surface area contributed by atoms with Gasteiger partial charge in [0.05, 0.1) is 12.9 Å². The summed E-state index contributed by atoms with van der Waals surface area (Å²) in [4.78, 5) is 13.0. The number of nitrogens with one attached hydrogen (secondary N) is 1. The fraction of sp³-hybridized carbons (Fsp3) is 0.706. The first kappa shape index (κ1) is 18.4. The van der Waals surface area contributed by atoms with E-state index in [4.69, 9.17) is 10.5 Å². The summed E-state index contributed by atoms with van der Waals surface area (Å²) in [7, 11) is 0. The summed E-state index contributed by atoms with van der Waals surface area (Å²) in [5.41, 5.74) is 6.85. The molecule has 0 aromatic carbocycles. The van der Waals surface area contributed by atoms with Gasteiger partial charge >= 0.3 is 0 Å². The summed E-state index contributed by atoms with van der Waals surface area (Å²) in [5.74, 6) is 0.655. The predicted octanol–water partition coefficient (Wildman–Crippen LogP) is 0.155. The van der Waals surface area contributed by atoms with Gasteiger partial charge in [0.2, 0.25) is 5.95 Å². The molecule has 6 N–H and O–H groups in total. The lowest BCUT2D eigenvalue weighted by Crippen LogP contribution is -2.33. The highest BCUT2D eigenvalue weighted by molar-refractivity contribution is 5.84. The second kappa shape index (κ2) is 7.55. The van der Waals surface area contributed by atoms with Crippen molar-refractivity contribution in [1.82, 2.24) is 19.5 Å². The standard InChI is InChI=1S/C17H26N6O4/c18-17-21-14(20-9-5-3-1-2-4-6-9)11-15(22-17)23(8-19-11)16-13(26)12(25)10(7-24)27-16/h8-10,12-13,16,24-26H,1-7H2,(H3,18,20,21,22)/t10-,12-,13-,16?/m1/s1. The van der Waals surface area contributed by atoms with Crippen molar-refractivity contribution in [1.29, 1.82) is 0 Å². The Morgan fingerprint density at radius 3 is 2.56 bits per heavy atom. The average Bonchev–Trinajstić information content (AvgIpc) is 3.06. The first-order valence-corrected chi connectivity index (χ1v) is 9.47. The quantitative estimate of drug-likeness (QED) is 0.468. The van der Waals surface area contributed by atoms with Crippen molar-refractivity contribution >= 4 is 22.9 Å². The molecule has 10 nitrogen and oxygen atoms in total. The van der Waals surface area contributed by atoms with Crippen LogP contribution in [0.1, 0.15) is 44.8 Å². The van der Waals surface area contributed by atoms with Crippen LogP contribution in [0, 0.1) is 0 Å². The number of nitrogens with zero attached hydrogens (tertiary/aromatic N) is 4. The van der Waals surface area contributed by atoms with Gasteiger partial charge in [-0.2, -0.15) is 9.97 Å². The summed E-state index contributed by atoms with van der Waals surface area (Å²) >= 11 is 0. The van der Waals surface area contributed by atoms with Gasteiger partial charge in [0.25, 0.3) is 0 Å². The lowest BCUT2D eigenvalue weighted by atomic mass is 10.1. The maximum Gasteiger partial charge on any atom is 0.224 e. The molecule has 4 atom stereocenters. The van der Waals surface area contributed by atoms with Gasteiger partial charge in [-0.05, 0) is 12.8 Å². The summed E-state index contributed by atoms with van der Waals surface area (Å²) in [5, 5.41) is 33.1. The summed E-state index contributed by atoms with van der Waals surface area (Å²) in [6.07, 6.45) is 4.29. The van der Waals surface area contributed by atoms with Gasteiger partial charge in [0.15, 0.2) is 23.2 Å². The molecule has 2 aromatic rings. The number of rotatable bonds is 4. The largest absolute Gasteiger partial charge is 0.394 e. The fourth-order valence-electron chi connectivity index (χ4n) is 3.95. The molecule has 2 fully saturated rings. The molecule has 10 heteroatoms. The molecular weight excluding hydrogens is 352 g/mol. The number of nitrogen functional groups attached to an aromatic ring is 1. The van der Waals surface area contributed by atoms with Crippen molar-refractivity contribution in [3.05, 3.63) is 6.33 Å². The third kappa shape index (κ3) is 3.45. The highest BCUT2D eigenvalue weighted by atomic mass is 16.6. The van der Waals surface area contributed by atoms with Crippen LogP contribution < -0.4 is 11.1 Å². The van der Waals surface area contributed by atoms with Gasteiger partial charge in [-0.3, -0.25) is 4.57 Å². The highest BCUT2D eigenvalue weighted by Gasteiger charge is 2.44. The summed E-state index contributed by atoms with van der Waals surface area (Å²) < 4.78 is 7.11. The SMILES string of the molecule is Nc1nc(NC2CCCCCC2)c2ncn(C3O[C@H](CO)[C@@H](O)[C@H]3O)c2n1. The van der Waals surface area contributed by atoms with Gasteiger partial charge in [-0.15, -0.1) is 0 Å². The van der Waals surface area contributed by atoms with Crippen molar-refractivity contribution in [2.75, 3.05) is 17.7 Å². The first-order chi connectivity index (χ1) is 13.1. The number of anilines is 2. The maximum absolute atomic E-state index is 10.3. The second-order valence-corrected chi connectivity index (χ2v) is 7.32. The van der Waals surface area contributed by atoms with Crippen molar-refractivity contribution < 1.29 is 20.1 Å². The number of aliphatic hydroxyl groups is 3. The Hall–Kier alpha value is -2.01. The van der Waals surface area contributed by atoms with Gasteiger partial charge in [0.1, 0.15) is 18.3 Å². The number of fused-ring (bicyclic) bond motifs is 1. The Morgan fingerprint density at radius 1 is 1.15 bits per heavy atom. The first-order valence-electron chi connectivity index (χ1n) is 9.47. The molecule has 1 saturated carbocycles. The van der Waals surface area contributed by atoms with E-state index in [0.29, 0.717) is 23.0 Å². The van der Waals surface area contributed by atoms with E-state index in [1.165, 1.54) is 36.6 Å². The smallest absolute Gasteiger partial charge is 0.224 e. The lowest BCUT2D eigenvalue weighted by molar-refractivity contribution is -0.0511. The molecule has 148 valence electrons. The third-order valence-electron chi connectivity index (χ3n) is 5.43. The molecule has 0 bridgehead atoms. The van der Waals surface area contributed by atoms with Crippen LogP contribution in [0.2, 0.25) is 0 Å². The predicted molar refractivity (Wildman–Crippen MR) is 97.9 cm³/mol. The topological polar surface area (TPSA) is 152 Å². The average molecular weight is 378 g/mol.